The predicted molar refractivity (Wildman–Crippen MR) is 113 cm³/mol. The van der Waals surface area contributed by atoms with Gasteiger partial charge in [-0.3, -0.25) is 14.6 Å². The average Bonchev–Trinajstić information content (AvgIpc) is 3.20. The number of aromatic amines is 2. The minimum absolute atomic E-state index is 0.0373. The Hall–Kier alpha value is -4.60. The molecule has 1 atom stereocenters. The van der Waals surface area contributed by atoms with Crippen molar-refractivity contribution in [3.8, 4) is 23.0 Å². The molecule has 4 aromatic rings. The minimum Gasteiger partial charge on any atom is -0.485 e. The number of ether oxygens (including phenoxy) is 3. The van der Waals surface area contributed by atoms with E-state index < -0.39 is 17.7 Å². The van der Waals surface area contributed by atoms with E-state index in [2.05, 4.69) is 20.3 Å². The van der Waals surface area contributed by atoms with Crippen LogP contribution in [0.3, 0.4) is 0 Å². The van der Waals surface area contributed by atoms with Gasteiger partial charge in [0, 0.05) is 24.0 Å². The summed E-state index contributed by atoms with van der Waals surface area (Å²) in [6.07, 6.45) is 2.34. The molecular weight excluding hydrogens is 416 g/mol. The minimum atomic E-state index is -0.898. The largest absolute Gasteiger partial charge is 0.485 e. The summed E-state index contributed by atoms with van der Waals surface area (Å²) < 4.78 is 16.9. The molecule has 0 bridgehead atoms. The number of amides is 1. The second kappa shape index (κ2) is 7.91. The number of anilines is 1. The predicted octanol–water partition coefficient (Wildman–Crippen LogP) is 2.55. The van der Waals surface area contributed by atoms with Gasteiger partial charge in [-0.1, -0.05) is 12.1 Å². The van der Waals surface area contributed by atoms with Gasteiger partial charge in [0.2, 0.25) is 6.29 Å². The lowest BCUT2D eigenvalue weighted by atomic mass is 10.1. The van der Waals surface area contributed by atoms with E-state index in [0.717, 1.165) is 0 Å². The Balaban J connectivity index is 1.38. The van der Waals surface area contributed by atoms with E-state index in [1.54, 1.807) is 54.8 Å². The monoisotopic (exact) mass is 431 g/mol. The van der Waals surface area contributed by atoms with Crippen LogP contribution in [0, 0.1) is 0 Å². The SMILES string of the molecule is O=[C]C1COc2cccc(C(=O)Nc3cccc(Oc4ccnc5[nH]c(=O)[nH]c45)c3)c2O1. The molecular formula is C22H15N4O6. The molecule has 5 rings (SSSR count). The van der Waals surface area contributed by atoms with Crippen LogP contribution in [0.25, 0.3) is 11.2 Å². The molecule has 0 saturated heterocycles. The molecule has 3 heterocycles. The maximum absolute atomic E-state index is 12.9. The maximum atomic E-state index is 12.9. The summed E-state index contributed by atoms with van der Waals surface area (Å²) in [5.41, 5.74) is 1.10. The Morgan fingerprint density at radius 1 is 1.19 bits per heavy atom. The van der Waals surface area contributed by atoms with Crippen molar-refractivity contribution >= 4 is 29.0 Å². The number of hydrogen-bond donors (Lipinski definition) is 3. The van der Waals surface area contributed by atoms with Gasteiger partial charge >= 0.3 is 5.69 Å². The molecule has 0 fully saturated rings. The number of hydrogen-bond acceptors (Lipinski definition) is 7. The van der Waals surface area contributed by atoms with Crippen molar-refractivity contribution < 1.29 is 23.8 Å². The van der Waals surface area contributed by atoms with Gasteiger partial charge in [0.15, 0.2) is 29.0 Å². The number of nitrogens with zero attached hydrogens (tertiary/aromatic N) is 1. The summed E-state index contributed by atoms with van der Waals surface area (Å²) in [6.45, 7) is 0.0373. The van der Waals surface area contributed by atoms with Gasteiger partial charge in [-0.2, -0.15) is 0 Å². The van der Waals surface area contributed by atoms with Gasteiger partial charge in [0.1, 0.15) is 17.9 Å². The summed E-state index contributed by atoms with van der Waals surface area (Å²) in [6, 6.07) is 13.2. The third kappa shape index (κ3) is 3.65. The zero-order valence-electron chi connectivity index (χ0n) is 16.4. The van der Waals surface area contributed by atoms with Crippen molar-refractivity contribution in [2.75, 3.05) is 11.9 Å². The van der Waals surface area contributed by atoms with Crippen LogP contribution in [-0.4, -0.2) is 39.9 Å². The number of imidazole rings is 1. The van der Waals surface area contributed by atoms with Gasteiger partial charge in [0.05, 0.1) is 5.56 Å². The van der Waals surface area contributed by atoms with Crippen LogP contribution in [0.2, 0.25) is 0 Å². The average molecular weight is 431 g/mol. The summed E-state index contributed by atoms with van der Waals surface area (Å²) in [5, 5.41) is 2.78. The maximum Gasteiger partial charge on any atom is 0.325 e. The normalized spacial score (nSPS) is 14.7. The molecule has 1 amide bonds. The molecule has 10 heteroatoms. The molecule has 2 aromatic heterocycles. The smallest absolute Gasteiger partial charge is 0.325 e. The second-order valence-electron chi connectivity index (χ2n) is 6.86. The fraction of sp³-hybridized carbons (Fsp3) is 0.0909. The van der Waals surface area contributed by atoms with Crippen LogP contribution in [0.5, 0.6) is 23.0 Å². The Morgan fingerprint density at radius 3 is 2.94 bits per heavy atom. The second-order valence-corrected chi connectivity index (χ2v) is 6.86. The van der Waals surface area contributed by atoms with Crippen LogP contribution in [0.1, 0.15) is 10.4 Å². The Labute approximate surface area is 180 Å². The zero-order valence-corrected chi connectivity index (χ0v) is 16.4. The standard InChI is InChI=1S/C22H15N4O6/c27-10-14-11-30-17-6-2-5-15(19(17)32-14)21(28)24-12-3-1-4-13(9-12)31-16-7-8-23-20-18(16)25-22(29)26-20/h1-9,14H,11H2,(H,24,28)(H2,23,25,26,29). The fourth-order valence-electron chi connectivity index (χ4n) is 3.29. The van der Waals surface area contributed by atoms with Crippen molar-refractivity contribution in [1.29, 1.82) is 0 Å². The Bertz CT molecular complexity index is 1390. The van der Waals surface area contributed by atoms with Crippen LogP contribution in [0.4, 0.5) is 5.69 Å². The van der Waals surface area contributed by atoms with Gasteiger partial charge in [0.25, 0.3) is 5.91 Å². The summed E-state index contributed by atoms with van der Waals surface area (Å²) in [7, 11) is 0. The third-order valence-electron chi connectivity index (χ3n) is 4.71. The first kappa shape index (κ1) is 19.4. The van der Waals surface area contributed by atoms with Crippen LogP contribution in [0.15, 0.2) is 59.5 Å². The van der Waals surface area contributed by atoms with Crippen molar-refractivity contribution in [2.24, 2.45) is 0 Å². The first-order chi connectivity index (χ1) is 15.6. The highest BCUT2D eigenvalue weighted by atomic mass is 16.6. The fourth-order valence-corrected chi connectivity index (χ4v) is 3.29. The van der Waals surface area contributed by atoms with E-state index in [9.17, 15) is 14.4 Å². The van der Waals surface area contributed by atoms with E-state index in [0.29, 0.717) is 34.1 Å². The van der Waals surface area contributed by atoms with E-state index in [1.165, 1.54) is 6.20 Å². The van der Waals surface area contributed by atoms with Crippen molar-refractivity contribution in [2.45, 2.75) is 6.10 Å². The molecule has 1 aliphatic rings. The van der Waals surface area contributed by atoms with E-state index in [1.807, 2.05) is 0 Å². The van der Waals surface area contributed by atoms with Gasteiger partial charge < -0.3 is 24.5 Å². The topological polar surface area (TPSA) is 135 Å². The van der Waals surface area contributed by atoms with Crippen molar-refractivity contribution in [3.63, 3.8) is 0 Å². The highest BCUT2D eigenvalue weighted by Crippen LogP contribution is 2.35. The first-order valence-corrected chi connectivity index (χ1v) is 9.57. The highest BCUT2D eigenvalue weighted by Gasteiger charge is 2.26. The Kier molecular flexibility index (Phi) is 4.79. The lowest BCUT2D eigenvalue weighted by molar-refractivity contribution is 0.0997. The number of carbonyl (C=O) groups is 1. The zero-order chi connectivity index (χ0) is 22.1. The lowest BCUT2D eigenvalue weighted by Crippen LogP contribution is -2.31. The quantitative estimate of drug-likeness (QED) is 0.442. The summed E-state index contributed by atoms with van der Waals surface area (Å²) >= 11 is 0. The molecule has 0 spiro atoms. The van der Waals surface area contributed by atoms with Gasteiger partial charge in [-0.25, -0.2) is 9.78 Å². The number of carbonyl (C=O) groups excluding carboxylic acids is 2. The molecule has 0 aliphatic carbocycles. The van der Waals surface area contributed by atoms with Gasteiger partial charge in [-0.15, -0.1) is 0 Å². The van der Waals surface area contributed by atoms with Crippen LogP contribution < -0.4 is 25.2 Å². The van der Waals surface area contributed by atoms with Crippen LogP contribution >= 0.6 is 0 Å². The molecule has 1 unspecified atom stereocenters. The number of pyridine rings is 1. The number of aromatic nitrogens is 3. The molecule has 2 aromatic carbocycles. The summed E-state index contributed by atoms with van der Waals surface area (Å²) in [5.74, 6) is 0.949. The van der Waals surface area contributed by atoms with E-state index >= 15 is 0 Å². The molecule has 1 radical (unpaired) electrons. The molecule has 1 aliphatic heterocycles. The first-order valence-electron chi connectivity index (χ1n) is 9.57. The molecule has 0 saturated carbocycles. The highest BCUT2D eigenvalue weighted by molar-refractivity contribution is 6.07. The summed E-state index contributed by atoms with van der Waals surface area (Å²) in [4.78, 5) is 44.7. The number of H-pyrrole nitrogens is 2. The molecule has 3 N–H and O–H groups in total. The number of nitrogens with one attached hydrogen (secondary N) is 3. The number of benzene rings is 2. The number of para-hydroxylation sites is 1. The van der Waals surface area contributed by atoms with Crippen molar-refractivity contribution in [3.05, 3.63) is 70.8 Å². The molecule has 10 nitrogen and oxygen atoms in total. The third-order valence-corrected chi connectivity index (χ3v) is 4.71. The number of rotatable bonds is 5. The van der Waals surface area contributed by atoms with Gasteiger partial charge in [-0.05, 0) is 24.3 Å². The van der Waals surface area contributed by atoms with E-state index in [-0.39, 0.29) is 17.9 Å². The molecule has 159 valence electrons. The lowest BCUT2D eigenvalue weighted by Gasteiger charge is -2.24. The van der Waals surface area contributed by atoms with Crippen LogP contribution in [-0.2, 0) is 4.79 Å². The van der Waals surface area contributed by atoms with E-state index in [4.69, 9.17) is 14.2 Å². The van der Waals surface area contributed by atoms with Crippen molar-refractivity contribution in [1.82, 2.24) is 15.0 Å². The Morgan fingerprint density at radius 2 is 2.06 bits per heavy atom. The number of fused-ring (bicyclic) bond motifs is 2. The molecule has 32 heavy (non-hydrogen) atoms.